The minimum Gasteiger partial charge on any atom is -0.330 e. The molecule has 0 spiro atoms. The third-order valence-electron chi connectivity index (χ3n) is 3.36. The van der Waals surface area contributed by atoms with Crippen LogP contribution in [-0.2, 0) is 16.6 Å². The first-order valence-corrected chi connectivity index (χ1v) is 8.03. The van der Waals surface area contributed by atoms with Gasteiger partial charge in [0.25, 0.3) is 0 Å². The highest BCUT2D eigenvalue weighted by molar-refractivity contribution is 7.84. The maximum Gasteiger partial charge on any atom is 0.0488 e. The highest BCUT2D eigenvalue weighted by Crippen LogP contribution is 2.20. The van der Waals surface area contributed by atoms with Crippen molar-refractivity contribution in [1.29, 1.82) is 0 Å². The first-order chi connectivity index (χ1) is 8.44. The molecule has 0 aliphatic heterocycles. The van der Waals surface area contributed by atoms with Crippen LogP contribution >= 0.6 is 0 Å². The third kappa shape index (κ3) is 5.32. The van der Waals surface area contributed by atoms with Gasteiger partial charge in [0.15, 0.2) is 0 Å². The van der Waals surface area contributed by atoms with Gasteiger partial charge in [-0.25, -0.2) is 0 Å². The summed E-state index contributed by atoms with van der Waals surface area (Å²) < 4.78 is 12.0. The highest BCUT2D eigenvalue weighted by Gasteiger charge is 2.15. The second-order valence-electron chi connectivity index (χ2n) is 5.69. The lowest BCUT2D eigenvalue weighted by Gasteiger charge is -2.21. The second kappa shape index (κ2) is 7.05. The molecule has 1 atom stereocenters. The predicted molar refractivity (Wildman–Crippen MR) is 80.0 cm³/mol. The third-order valence-corrected chi connectivity index (χ3v) is 4.73. The van der Waals surface area contributed by atoms with Crippen LogP contribution in [0, 0.1) is 12.3 Å². The minimum absolute atomic E-state index is 0.173. The Kier molecular flexibility index (Phi) is 6.03. The Morgan fingerprint density at radius 1 is 1.28 bits per heavy atom. The molecule has 0 radical (unpaired) electrons. The molecular weight excluding hydrogens is 242 g/mol. The lowest BCUT2D eigenvalue weighted by Crippen LogP contribution is -2.23. The molecule has 0 aliphatic carbocycles. The van der Waals surface area contributed by atoms with Gasteiger partial charge in [-0.15, -0.1) is 0 Å². The number of benzene rings is 1. The summed E-state index contributed by atoms with van der Waals surface area (Å²) in [5.74, 6) is 1.45. The highest BCUT2D eigenvalue weighted by atomic mass is 32.2. The lowest BCUT2D eigenvalue weighted by atomic mass is 9.88. The summed E-state index contributed by atoms with van der Waals surface area (Å²) in [5.41, 5.74) is 8.30. The zero-order valence-corrected chi connectivity index (χ0v) is 12.6. The average Bonchev–Trinajstić information content (AvgIpc) is 2.32. The van der Waals surface area contributed by atoms with E-state index >= 15 is 0 Å². The number of hydrogen-bond acceptors (Lipinski definition) is 2. The van der Waals surface area contributed by atoms with Gasteiger partial charge >= 0.3 is 0 Å². The van der Waals surface area contributed by atoms with Crippen LogP contribution in [0.25, 0.3) is 0 Å². The van der Waals surface area contributed by atoms with Gasteiger partial charge in [0.2, 0.25) is 0 Å². The maximum atomic E-state index is 12.0. The number of aryl methyl sites for hydroxylation is 1. The summed E-state index contributed by atoms with van der Waals surface area (Å²) in [7, 11) is -0.759. The zero-order valence-electron chi connectivity index (χ0n) is 11.7. The van der Waals surface area contributed by atoms with Crippen LogP contribution in [0.15, 0.2) is 24.3 Å². The molecule has 3 heteroatoms. The SMILES string of the molecule is Cc1ccccc1CS(=O)CCCC(C)(C)CN. The Morgan fingerprint density at radius 3 is 2.56 bits per heavy atom. The smallest absolute Gasteiger partial charge is 0.0488 e. The van der Waals surface area contributed by atoms with E-state index in [9.17, 15) is 4.21 Å². The fraction of sp³-hybridized carbons (Fsp3) is 0.600. The van der Waals surface area contributed by atoms with Crippen LogP contribution in [0.5, 0.6) is 0 Å². The van der Waals surface area contributed by atoms with Crippen LogP contribution in [0.1, 0.15) is 37.8 Å². The van der Waals surface area contributed by atoms with Crippen LogP contribution in [0.2, 0.25) is 0 Å². The summed E-state index contributed by atoms with van der Waals surface area (Å²) in [5, 5.41) is 0. The Hall–Kier alpha value is -0.670. The standard InChI is InChI=1S/C15H25NOS/c1-13-7-4-5-8-14(13)11-18(17)10-6-9-15(2,3)12-16/h4-5,7-8H,6,9-12,16H2,1-3H3. The van der Waals surface area contributed by atoms with Gasteiger partial charge in [-0.05, 0) is 42.9 Å². The van der Waals surface area contributed by atoms with E-state index in [-0.39, 0.29) is 5.41 Å². The van der Waals surface area contributed by atoms with Gasteiger partial charge in [-0.2, -0.15) is 0 Å². The molecule has 0 fully saturated rings. The summed E-state index contributed by atoms with van der Waals surface area (Å²) in [6.45, 7) is 7.09. The number of rotatable bonds is 7. The molecule has 1 aromatic rings. The largest absolute Gasteiger partial charge is 0.330 e. The fourth-order valence-corrected chi connectivity index (χ4v) is 3.11. The van der Waals surface area contributed by atoms with E-state index in [2.05, 4.69) is 32.9 Å². The first-order valence-electron chi connectivity index (χ1n) is 6.54. The molecule has 0 amide bonds. The van der Waals surface area contributed by atoms with Crippen molar-refractivity contribution >= 4 is 10.8 Å². The Labute approximate surface area is 113 Å². The van der Waals surface area contributed by atoms with Gasteiger partial charge in [0.05, 0.1) is 0 Å². The number of hydrogen-bond donors (Lipinski definition) is 1. The Morgan fingerprint density at radius 2 is 1.94 bits per heavy atom. The summed E-state index contributed by atoms with van der Waals surface area (Å²) in [6.07, 6.45) is 2.03. The van der Waals surface area contributed by atoms with Crippen LogP contribution < -0.4 is 5.73 Å². The molecule has 18 heavy (non-hydrogen) atoms. The fourth-order valence-electron chi connectivity index (χ4n) is 1.83. The van der Waals surface area contributed by atoms with E-state index in [4.69, 9.17) is 5.73 Å². The molecule has 0 aromatic heterocycles. The van der Waals surface area contributed by atoms with Crippen molar-refractivity contribution in [2.75, 3.05) is 12.3 Å². The molecule has 1 unspecified atom stereocenters. The normalized spacial score (nSPS) is 13.6. The Balaban J connectivity index is 2.37. The van der Waals surface area contributed by atoms with Crippen LogP contribution in [0.4, 0.5) is 0 Å². The molecule has 0 aliphatic rings. The molecule has 1 rings (SSSR count). The van der Waals surface area contributed by atoms with Crippen molar-refractivity contribution in [1.82, 2.24) is 0 Å². The predicted octanol–water partition coefficient (Wildman–Crippen LogP) is 3.01. The van der Waals surface area contributed by atoms with Gasteiger partial charge in [-0.3, -0.25) is 4.21 Å². The van der Waals surface area contributed by atoms with E-state index in [1.807, 2.05) is 12.1 Å². The van der Waals surface area contributed by atoms with Gasteiger partial charge < -0.3 is 5.73 Å². The maximum absolute atomic E-state index is 12.0. The van der Waals surface area contributed by atoms with Crippen molar-refractivity contribution in [3.63, 3.8) is 0 Å². The lowest BCUT2D eigenvalue weighted by molar-refractivity contribution is 0.344. The zero-order chi connectivity index (χ0) is 13.6. The summed E-state index contributed by atoms with van der Waals surface area (Å²) in [6, 6.07) is 8.17. The molecule has 102 valence electrons. The van der Waals surface area contributed by atoms with Gasteiger partial charge in [0, 0.05) is 22.3 Å². The quantitative estimate of drug-likeness (QED) is 0.825. The van der Waals surface area contributed by atoms with Gasteiger partial charge in [-0.1, -0.05) is 38.1 Å². The minimum atomic E-state index is -0.759. The molecule has 2 nitrogen and oxygen atoms in total. The van der Waals surface area contributed by atoms with Crippen molar-refractivity contribution in [2.24, 2.45) is 11.1 Å². The average molecular weight is 267 g/mol. The van der Waals surface area contributed by atoms with Crippen molar-refractivity contribution < 1.29 is 4.21 Å². The van der Waals surface area contributed by atoms with Crippen molar-refractivity contribution in [2.45, 2.75) is 39.4 Å². The molecule has 1 aromatic carbocycles. The molecule has 0 saturated carbocycles. The molecule has 2 N–H and O–H groups in total. The van der Waals surface area contributed by atoms with E-state index in [1.165, 1.54) is 11.1 Å². The van der Waals surface area contributed by atoms with E-state index in [1.54, 1.807) is 0 Å². The molecular formula is C15H25NOS. The van der Waals surface area contributed by atoms with Crippen LogP contribution in [-0.4, -0.2) is 16.5 Å². The summed E-state index contributed by atoms with van der Waals surface area (Å²) >= 11 is 0. The van der Waals surface area contributed by atoms with E-state index in [0.717, 1.165) is 18.6 Å². The first kappa shape index (κ1) is 15.4. The Bertz CT molecular complexity index is 401. The van der Waals surface area contributed by atoms with Crippen LogP contribution in [0.3, 0.4) is 0 Å². The number of nitrogens with two attached hydrogens (primary N) is 1. The molecule has 0 bridgehead atoms. The second-order valence-corrected chi connectivity index (χ2v) is 7.26. The van der Waals surface area contributed by atoms with E-state index in [0.29, 0.717) is 12.3 Å². The van der Waals surface area contributed by atoms with Gasteiger partial charge in [0.1, 0.15) is 0 Å². The summed E-state index contributed by atoms with van der Waals surface area (Å²) in [4.78, 5) is 0. The van der Waals surface area contributed by atoms with E-state index < -0.39 is 10.8 Å². The monoisotopic (exact) mass is 267 g/mol. The van der Waals surface area contributed by atoms with Crippen molar-refractivity contribution in [3.05, 3.63) is 35.4 Å². The topological polar surface area (TPSA) is 43.1 Å². The van der Waals surface area contributed by atoms with Crippen molar-refractivity contribution in [3.8, 4) is 0 Å². The molecule has 0 saturated heterocycles. The molecule has 0 heterocycles.